The Bertz CT molecular complexity index is 2180. The summed E-state index contributed by atoms with van der Waals surface area (Å²) >= 11 is 6.51. The van der Waals surface area contributed by atoms with Gasteiger partial charge in [-0.05, 0) is 73.8 Å². The van der Waals surface area contributed by atoms with Gasteiger partial charge < -0.3 is 15.2 Å². The fourth-order valence-corrected chi connectivity index (χ4v) is 7.17. The van der Waals surface area contributed by atoms with Crippen molar-refractivity contribution in [1.29, 1.82) is 0 Å². The Hall–Kier alpha value is -4.81. The molecule has 1 N–H and O–H groups in total. The number of amides is 1. The number of carbonyl (C=O) groups is 2. The number of aliphatic carboxylic acids is 1. The van der Waals surface area contributed by atoms with Crippen molar-refractivity contribution in [2.75, 3.05) is 6.54 Å². The first kappa shape index (κ1) is 36.0. The van der Waals surface area contributed by atoms with Crippen LogP contribution in [0.2, 0.25) is 5.02 Å². The summed E-state index contributed by atoms with van der Waals surface area (Å²) in [6.45, 7) is 5.17. The number of halogens is 1. The molecule has 1 heterocycles. The third kappa shape index (κ3) is 7.77. The summed E-state index contributed by atoms with van der Waals surface area (Å²) < 4.78 is 0. The summed E-state index contributed by atoms with van der Waals surface area (Å²) in [5, 5.41) is 19.9. The Balaban J connectivity index is 0.00000448. The van der Waals surface area contributed by atoms with Crippen molar-refractivity contribution in [1.82, 2.24) is 4.90 Å². The van der Waals surface area contributed by atoms with Crippen LogP contribution in [0.25, 0.3) is 38.0 Å². The van der Waals surface area contributed by atoms with Crippen LogP contribution in [-0.2, 0) is 39.2 Å². The van der Waals surface area contributed by atoms with E-state index < -0.39 is 12.0 Å². The molecule has 1 amide bonds. The number of carboxylic acids is 1. The molecule has 0 fully saturated rings. The number of hydrogen-bond donors (Lipinski definition) is 1. The monoisotopic (exact) mass is 736 g/mol. The van der Waals surface area contributed by atoms with Gasteiger partial charge in [0.25, 0.3) is 0 Å². The molecule has 258 valence electrons. The SMILES string of the molecule is CC(C)C[C@H](N=C(c1ccccc1)c1cc(Cl)ccc1[N-]C(=O)CN1Cc2ccc3ccccc3c2-c2c(ccc3ccccc23)C1)C(=O)O.[Ni+2]. The number of aliphatic imine (C=N–C) groups is 1. The maximum Gasteiger partial charge on any atom is 2.00 e. The molecule has 0 aliphatic carbocycles. The predicted octanol–water partition coefficient (Wildman–Crippen LogP) is 10.2. The molecule has 7 rings (SSSR count). The second-order valence-electron chi connectivity index (χ2n) is 13.3. The zero-order chi connectivity index (χ0) is 34.8. The number of fused-ring (bicyclic) bond motifs is 7. The third-order valence-electron chi connectivity index (χ3n) is 9.20. The molecule has 0 bridgehead atoms. The van der Waals surface area contributed by atoms with Crippen molar-refractivity contribution in [3.63, 3.8) is 0 Å². The van der Waals surface area contributed by atoms with Crippen molar-refractivity contribution in [2.45, 2.75) is 39.4 Å². The van der Waals surface area contributed by atoms with Gasteiger partial charge in [-0.3, -0.25) is 9.89 Å². The fourth-order valence-electron chi connectivity index (χ4n) is 7.00. The van der Waals surface area contributed by atoms with Gasteiger partial charge in [-0.25, -0.2) is 4.79 Å². The van der Waals surface area contributed by atoms with Crippen molar-refractivity contribution in [3.05, 3.63) is 154 Å². The molecule has 0 saturated heterocycles. The van der Waals surface area contributed by atoms with Gasteiger partial charge in [0.05, 0.1) is 11.6 Å². The van der Waals surface area contributed by atoms with Gasteiger partial charge >= 0.3 is 22.5 Å². The standard InChI is InChI=1S/C43H38ClN3O3.Ni/c1-27(2)22-38(43(49)50)46-42(30-12-4-3-5-13-30)36-23-33(44)20-21-37(36)45-39(48)26-47-24-31-18-16-28-10-6-8-14-34(28)40(31)41-32(25-47)19-17-29-11-7-9-15-35(29)41;/h3-21,23,27,38H,22,24-26H2,1-2H3,(H2,45,46,48,49,50);/q;+2/p-1/t38-;/m0./s1. The molecule has 1 aliphatic rings. The van der Waals surface area contributed by atoms with Crippen LogP contribution in [0.15, 0.2) is 126 Å². The van der Waals surface area contributed by atoms with E-state index in [1.54, 1.807) is 18.2 Å². The topological polar surface area (TPSA) is 84.1 Å². The number of hydrogen-bond acceptors (Lipinski definition) is 4. The van der Waals surface area contributed by atoms with E-state index in [0.717, 1.165) is 11.1 Å². The normalized spacial score (nSPS) is 13.6. The molecule has 0 unspecified atom stereocenters. The number of nitrogens with zero attached hydrogens (tertiary/aromatic N) is 3. The zero-order valence-electron chi connectivity index (χ0n) is 28.3. The first-order chi connectivity index (χ1) is 24.2. The molecular weight excluding hydrogens is 701 g/mol. The van der Waals surface area contributed by atoms with E-state index in [2.05, 4.69) is 83.0 Å². The average molecular weight is 738 g/mol. The first-order valence-electron chi connectivity index (χ1n) is 16.9. The maximum absolute atomic E-state index is 13.9. The Labute approximate surface area is 313 Å². The Morgan fingerprint density at radius 3 is 1.92 bits per heavy atom. The van der Waals surface area contributed by atoms with Crippen molar-refractivity contribution >= 4 is 56.4 Å². The van der Waals surface area contributed by atoms with Gasteiger partial charge in [-0.15, -0.1) is 5.69 Å². The van der Waals surface area contributed by atoms with Gasteiger partial charge in [0.1, 0.15) is 6.04 Å². The zero-order valence-corrected chi connectivity index (χ0v) is 30.1. The first-order valence-corrected chi connectivity index (χ1v) is 17.3. The molecule has 0 spiro atoms. The van der Waals surface area contributed by atoms with Gasteiger partial charge in [0.2, 0.25) is 0 Å². The minimum absolute atomic E-state index is 0. The Morgan fingerprint density at radius 2 is 1.35 bits per heavy atom. The molecule has 1 atom stereocenters. The summed E-state index contributed by atoms with van der Waals surface area (Å²) in [6.07, 6.45) is 0.361. The number of carbonyl (C=O) groups excluding carboxylic acids is 1. The van der Waals surface area contributed by atoms with Gasteiger partial charge in [0.15, 0.2) is 0 Å². The van der Waals surface area contributed by atoms with E-state index in [1.165, 1.54) is 32.7 Å². The van der Waals surface area contributed by atoms with Crippen molar-refractivity contribution < 1.29 is 31.2 Å². The van der Waals surface area contributed by atoms with Gasteiger partial charge in [0, 0.05) is 30.2 Å². The average Bonchev–Trinajstić information content (AvgIpc) is 3.27. The molecule has 6 nitrogen and oxygen atoms in total. The summed E-state index contributed by atoms with van der Waals surface area (Å²) in [5.41, 5.74) is 6.78. The molecule has 6 aromatic rings. The van der Waals surface area contributed by atoms with Crippen LogP contribution < -0.4 is 0 Å². The predicted molar refractivity (Wildman–Crippen MR) is 203 cm³/mol. The number of rotatable bonds is 9. The van der Waals surface area contributed by atoms with E-state index in [1.807, 2.05) is 44.2 Å². The molecule has 0 aromatic heterocycles. The molecule has 1 aliphatic heterocycles. The van der Waals surface area contributed by atoms with E-state index >= 15 is 0 Å². The van der Waals surface area contributed by atoms with Crippen LogP contribution in [0.4, 0.5) is 5.69 Å². The largest absolute Gasteiger partial charge is 2.00 e. The van der Waals surface area contributed by atoms with Crippen LogP contribution in [0.1, 0.15) is 42.5 Å². The minimum atomic E-state index is -1.01. The second-order valence-corrected chi connectivity index (χ2v) is 13.7. The van der Waals surface area contributed by atoms with Gasteiger partial charge in [-0.2, -0.15) is 0 Å². The molecule has 0 saturated carbocycles. The molecule has 51 heavy (non-hydrogen) atoms. The van der Waals surface area contributed by atoms with Crippen molar-refractivity contribution in [3.8, 4) is 11.1 Å². The minimum Gasteiger partial charge on any atom is -0.625 e. The van der Waals surface area contributed by atoms with Crippen molar-refractivity contribution in [2.24, 2.45) is 10.9 Å². The second kappa shape index (κ2) is 15.6. The number of carboxylic acid groups (broad SMARTS) is 1. The smallest absolute Gasteiger partial charge is 0.625 e. The summed E-state index contributed by atoms with van der Waals surface area (Å²) in [6, 6.07) is 39.1. The Kier molecular flexibility index (Phi) is 11.0. The molecule has 8 heteroatoms. The van der Waals surface area contributed by atoms with E-state index in [-0.39, 0.29) is 34.9 Å². The third-order valence-corrected chi connectivity index (χ3v) is 9.43. The summed E-state index contributed by atoms with van der Waals surface area (Å²) in [5.74, 6) is -1.21. The van der Waals surface area contributed by atoms with E-state index in [9.17, 15) is 14.7 Å². The van der Waals surface area contributed by atoms with Crippen LogP contribution in [0, 0.1) is 5.92 Å². The van der Waals surface area contributed by atoms with E-state index in [0.29, 0.717) is 47.1 Å². The molecule has 6 aromatic carbocycles. The van der Waals surface area contributed by atoms with E-state index in [4.69, 9.17) is 16.6 Å². The number of benzene rings is 6. The molecular formula is C43H37ClN3NiO3+. The molecule has 0 radical (unpaired) electrons. The summed E-state index contributed by atoms with van der Waals surface area (Å²) in [4.78, 5) is 33.2. The Morgan fingerprint density at radius 1 is 0.784 bits per heavy atom. The van der Waals surface area contributed by atoms with Crippen LogP contribution >= 0.6 is 11.6 Å². The maximum atomic E-state index is 13.9. The quantitative estimate of drug-likeness (QED) is 0.118. The summed E-state index contributed by atoms with van der Waals surface area (Å²) in [7, 11) is 0. The van der Waals surface area contributed by atoms with Crippen LogP contribution in [-0.4, -0.2) is 40.2 Å². The van der Waals surface area contributed by atoms with Crippen LogP contribution in [0.5, 0.6) is 0 Å². The van der Waals surface area contributed by atoms with Crippen LogP contribution in [0.3, 0.4) is 0 Å². The fraction of sp³-hybridized carbons (Fsp3) is 0.186. The van der Waals surface area contributed by atoms with Gasteiger partial charge in [-0.1, -0.05) is 135 Å².